The minimum atomic E-state index is -0.149. The monoisotopic (exact) mass is 258 g/mol. The molecular weight excluding hydrogens is 240 g/mol. The second-order valence-corrected chi connectivity index (χ2v) is 4.07. The van der Waals surface area contributed by atoms with E-state index >= 15 is 0 Å². The first-order chi connectivity index (χ1) is 8.11. The summed E-state index contributed by atoms with van der Waals surface area (Å²) in [6.45, 7) is 3.28. The Hall–Kier alpha value is -1.05. The summed E-state index contributed by atoms with van der Waals surface area (Å²) < 4.78 is 12.1. The van der Waals surface area contributed by atoms with Gasteiger partial charge in [-0.15, -0.1) is 5.10 Å². The molecule has 1 unspecified atom stereocenters. The van der Waals surface area contributed by atoms with Gasteiger partial charge in [-0.25, -0.2) is 4.68 Å². The highest BCUT2D eigenvalue weighted by atomic mass is 32.1. The number of nitrogens with two attached hydrogens (primary N) is 1. The van der Waals surface area contributed by atoms with Gasteiger partial charge < -0.3 is 15.2 Å². The minimum Gasteiger partial charge on any atom is -0.388 e. The van der Waals surface area contributed by atoms with E-state index in [1.54, 1.807) is 18.9 Å². The first-order valence-electron chi connectivity index (χ1n) is 5.36. The number of rotatable bonds is 7. The molecule has 2 N–H and O–H groups in total. The van der Waals surface area contributed by atoms with Crippen LogP contribution in [0.4, 0.5) is 0 Å². The van der Waals surface area contributed by atoms with Crippen molar-refractivity contribution in [3.8, 4) is 0 Å². The zero-order chi connectivity index (χ0) is 12.8. The highest BCUT2D eigenvalue weighted by molar-refractivity contribution is 7.80. The van der Waals surface area contributed by atoms with Crippen molar-refractivity contribution in [2.24, 2.45) is 5.73 Å². The normalized spacial score (nSPS) is 12.6. The molecule has 0 bridgehead atoms. The summed E-state index contributed by atoms with van der Waals surface area (Å²) in [6.07, 6.45) is 0.698. The van der Waals surface area contributed by atoms with Crippen LogP contribution in [0.3, 0.4) is 0 Å². The molecule has 6 nitrogen and oxygen atoms in total. The molecule has 0 amide bonds. The lowest BCUT2D eigenvalue weighted by Gasteiger charge is -2.13. The van der Waals surface area contributed by atoms with Crippen molar-refractivity contribution in [2.75, 3.05) is 20.8 Å². The number of aryl methyl sites for hydroxylation is 1. The quantitative estimate of drug-likeness (QED) is 0.572. The summed E-state index contributed by atoms with van der Waals surface area (Å²) >= 11 is 4.95. The van der Waals surface area contributed by atoms with E-state index in [2.05, 4.69) is 10.3 Å². The van der Waals surface area contributed by atoms with Crippen molar-refractivity contribution in [3.63, 3.8) is 0 Å². The minimum absolute atomic E-state index is 0.149. The van der Waals surface area contributed by atoms with Crippen LogP contribution in [0, 0.1) is 0 Å². The average molecular weight is 258 g/mol. The van der Waals surface area contributed by atoms with Crippen molar-refractivity contribution in [2.45, 2.75) is 26.0 Å². The van der Waals surface area contributed by atoms with Crippen molar-refractivity contribution in [3.05, 3.63) is 11.4 Å². The highest BCUT2D eigenvalue weighted by Crippen LogP contribution is 2.19. The van der Waals surface area contributed by atoms with Crippen LogP contribution < -0.4 is 5.73 Å². The fourth-order valence-corrected chi connectivity index (χ4v) is 1.68. The number of hydrogen-bond acceptors (Lipinski definition) is 5. The molecule has 0 aliphatic carbocycles. The summed E-state index contributed by atoms with van der Waals surface area (Å²) in [5.74, 6) is 0. The van der Waals surface area contributed by atoms with Crippen molar-refractivity contribution in [1.29, 1.82) is 0 Å². The van der Waals surface area contributed by atoms with Gasteiger partial charge in [0.25, 0.3) is 0 Å². The Balaban J connectivity index is 2.92. The number of ether oxygens (including phenoxy) is 2. The third-order valence-electron chi connectivity index (χ3n) is 2.46. The molecule has 0 aliphatic heterocycles. The van der Waals surface area contributed by atoms with Crippen LogP contribution >= 0.6 is 12.2 Å². The van der Waals surface area contributed by atoms with Crippen LogP contribution in [0.5, 0.6) is 0 Å². The van der Waals surface area contributed by atoms with E-state index < -0.39 is 0 Å². The van der Waals surface area contributed by atoms with Gasteiger partial charge in [0.05, 0.1) is 11.8 Å². The molecule has 0 radical (unpaired) electrons. The maximum absolute atomic E-state index is 5.61. The van der Waals surface area contributed by atoms with Gasteiger partial charge in [0.1, 0.15) is 10.7 Å². The van der Waals surface area contributed by atoms with Gasteiger partial charge in [-0.1, -0.05) is 17.4 Å². The van der Waals surface area contributed by atoms with E-state index in [9.17, 15) is 0 Å². The fourth-order valence-electron chi connectivity index (χ4n) is 1.53. The molecule has 96 valence electrons. The number of hydrogen-bond donors (Lipinski definition) is 1. The Morgan fingerprint density at radius 2 is 2.24 bits per heavy atom. The molecule has 0 aliphatic rings. The lowest BCUT2D eigenvalue weighted by molar-refractivity contribution is 0.110. The van der Waals surface area contributed by atoms with Crippen LogP contribution in [0.2, 0.25) is 0 Å². The Bertz CT molecular complexity index is 380. The molecule has 17 heavy (non-hydrogen) atoms. The lowest BCUT2D eigenvalue weighted by Crippen LogP contribution is -2.17. The second kappa shape index (κ2) is 6.63. The maximum Gasteiger partial charge on any atom is 0.145 e. The first-order valence-corrected chi connectivity index (χ1v) is 5.77. The summed E-state index contributed by atoms with van der Waals surface area (Å²) in [7, 11) is 3.29. The Morgan fingerprint density at radius 1 is 1.53 bits per heavy atom. The predicted octanol–water partition coefficient (Wildman–Crippen LogP) is 0.656. The van der Waals surface area contributed by atoms with E-state index in [1.165, 1.54) is 0 Å². The molecule has 1 aromatic heterocycles. The Kier molecular flexibility index (Phi) is 5.46. The van der Waals surface area contributed by atoms with Gasteiger partial charge in [0.2, 0.25) is 0 Å². The molecule has 0 fully saturated rings. The third-order valence-corrected chi connectivity index (χ3v) is 2.66. The zero-order valence-corrected chi connectivity index (χ0v) is 11.2. The molecule has 1 aromatic rings. The van der Waals surface area contributed by atoms with Gasteiger partial charge in [-0.2, -0.15) is 0 Å². The number of aromatic nitrogens is 3. The van der Waals surface area contributed by atoms with Gasteiger partial charge in [0.15, 0.2) is 0 Å². The van der Waals surface area contributed by atoms with Crippen LogP contribution in [-0.4, -0.2) is 40.8 Å². The Labute approximate surface area is 106 Å². The summed E-state index contributed by atoms with van der Waals surface area (Å²) in [5.41, 5.74) is 6.96. The van der Waals surface area contributed by atoms with Crippen molar-refractivity contribution < 1.29 is 9.47 Å². The molecule has 7 heteroatoms. The highest BCUT2D eigenvalue weighted by Gasteiger charge is 2.20. The first kappa shape index (κ1) is 14.0. The van der Waals surface area contributed by atoms with Crippen LogP contribution in [0.25, 0.3) is 0 Å². The summed E-state index contributed by atoms with van der Waals surface area (Å²) in [4.78, 5) is 0.238. The fraction of sp³-hybridized carbons (Fsp3) is 0.700. The van der Waals surface area contributed by atoms with E-state index in [0.717, 1.165) is 12.1 Å². The smallest absolute Gasteiger partial charge is 0.145 e. The van der Waals surface area contributed by atoms with E-state index in [4.69, 9.17) is 27.4 Å². The standard InChI is InChI=1S/C10H18N4O2S/c1-7(16-3)9-8(10(11)17)12-13-14(9)5-4-6-15-2/h7H,4-6H2,1-3H3,(H2,11,17). The molecule has 0 saturated carbocycles. The van der Waals surface area contributed by atoms with Gasteiger partial charge in [0, 0.05) is 27.4 Å². The van der Waals surface area contributed by atoms with Gasteiger partial charge in [-0.3, -0.25) is 0 Å². The van der Waals surface area contributed by atoms with Gasteiger partial charge >= 0.3 is 0 Å². The van der Waals surface area contributed by atoms with Crippen molar-refractivity contribution >= 4 is 17.2 Å². The third kappa shape index (κ3) is 3.45. The van der Waals surface area contributed by atoms with Gasteiger partial charge in [-0.05, 0) is 13.3 Å². The topological polar surface area (TPSA) is 75.2 Å². The average Bonchev–Trinajstić information content (AvgIpc) is 2.72. The molecule has 1 atom stereocenters. The zero-order valence-electron chi connectivity index (χ0n) is 10.3. The van der Waals surface area contributed by atoms with E-state index in [1.807, 2.05) is 6.92 Å². The van der Waals surface area contributed by atoms with E-state index in [0.29, 0.717) is 18.8 Å². The molecule has 0 aromatic carbocycles. The second-order valence-electron chi connectivity index (χ2n) is 3.63. The number of nitrogens with zero attached hydrogens (tertiary/aromatic N) is 3. The van der Waals surface area contributed by atoms with Crippen LogP contribution in [0.1, 0.15) is 30.8 Å². The van der Waals surface area contributed by atoms with E-state index in [-0.39, 0.29) is 11.1 Å². The summed E-state index contributed by atoms with van der Waals surface area (Å²) in [5, 5.41) is 8.03. The molecule has 0 spiro atoms. The number of thiocarbonyl (C=S) groups is 1. The maximum atomic E-state index is 5.61. The number of methoxy groups -OCH3 is 2. The predicted molar refractivity (Wildman–Crippen MR) is 67.8 cm³/mol. The Morgan fingerprint density at radius 3 is 2.76 bits per heavy atom. The van der Waals surface area contributed by atoms with Crippen molar-refractivity contribution in [1.82, 2.24) is 15.0 Å². The lowest BCUT2D eigenvalue weighted by atomic mass is 10.2. The molecule has 0 saturated heterocycles. The molecule has 1 heterocycles. The van der Waals surface area contributed by atoms with Crippen LogP contribution in [0.15, 0.2) is 0 Å². The van der Waals surface area contributed by atoms with Crippen LogP contribution in [-0.2, 0) is 16.0 Å². The molecular formula is C10H18N4O2S. The SMILES string of the molecule is COCCCn1nnc(C(N)=S)c1C(C)OC. The largest absolute Gasteiger partial charge is 0.388 e. The summed E-state index contributed by atoms with van der Waals surface area (Å²) in [6, 6.07) is 0. The molecule has 1 rings (SSSR count).